The molecule has 3 N–H and O–H groups in total. The number of nitrogens with one attached hydrogen (secondary N) is 1. The minimum atomic E-state index is 0.169. The molecule has 0 aromatic carbocycles. The van der Waals surface area contributed by atoms with Crippen LogP contribution in [0.3, 0.4) is 0 Å². The Labute approximate surface area is 113 Å². The first-order chi connectivity index (χ1) is 8.52. The Kier molecular flexibility index (Phi) is 4.27. The monoisotopic (exact) mass is 272 g/mol. The van der Waals surface area contributed by atoms with E-state index in [4.69, 9.17) is 22.2 Å². The van der Waals surface area contributed by atoms with Gasteiger partial charge in [-0.2, -0.15) is 5.10 Å². The molecular weight excluding hydrogens is 252 g/mol. The maximum Gasteiger partial charge on any atom is 0.0847 e. The predicted molar refractivity (Wildman–Crippen MR) is 71.3 cm³/mol. The fourth-order valence-corrected chi connectivity index (χ4v) is 2.84. The Morgan fingerprint density at radius 1 is 1.67 bits per heavy atom. The molecule has 102 valence electrons. The van der Waals surface area contributed by atoms with Gasteiger partial charge < -0.3 is 4.74 Å². The first-order valence-corrected chi connectivity index (χ1v) is 6.66. The van der Waals surface area contributed by atoms with Gasteiger partial charge in [-0.05, 0) is 20.3 Å². The van der Waals surface area contributed by atoms with E-state index in [1.807, 2.05) is 18.7 Å². The average Bonchev–Trinajstić information content (AvgIpc) is 2.84. The largest absolute Gasteiger partial charge is 0.378 e. The number of hydrogen-bond donors (Lipinski definition) is 2. The van der Waals surface area contributed by atoms with Crippen LogP contribution in [-0.4, -0.2) is 28.5 Å². The van der Waals surface area contributed by atoms with Crippen molar-refractivity contribution < 1.29 is 4.74 Å². The first-order valence-electron chi connectivity index (χ1n) is 6.28. The van der Waals surface area contributed by atoms with Gasteiger partial charge in [0.15, 0.2) is 0 Å². The summed E-state index contributed by atoms with van der Waals surface area (Å²) in [7, 11) is 1.91. The van der Waals surface area contributed by atoms with Crippen molar-refractivity contribution in [1.82, 2.24) is 15.2 Å². The highest BCUT2D eigenvalue weighted by Crippen LogP contribution is 2.27. The summed E-state index contributed by atoms with van der Waals surface area (Å²) in [5.41, 5.74) is 4.78. The van der Waals surface area contributed by atoms with E-state index in [1.165, 1.54) is 0 Å². The minimum absolute atomic E-state index is 0.169. The van der Waals surface area contributed by atoms with E-state index in [9.17, 15) is 0 Å². The molecule has 1 aliphatic heterocycles. The Hall–Kier alpha value is -0.620. The first kappa shape index (κ1) is 13.8. The molecule has 0 radical (unpaired) electrons. The summed E-state index contributed by atoms with van der Waals surface area (Å²) in [6.07, 6.45) is 2.12. The van der Waals surface area contributed by atoms with Crippen LogP contribution >= 0.6 is 11.6 Å². The highest BCUT2D eigenvalue weighted by molar-refractivity contribution is 6.31. The summed E-state index contributed by atoms with van der Waals surface area (Å²) < 4.78 is 7.44. The zero-order chi connectivity index (χ0) is 13.3. The molecule has 1 saturated heterocycles. The van der Waals surface area contributed by atoms with Crippen molar-refractivity contribution in [3.05, 3.63) is 16.4 Å². The number of aromatic nitrogens is 2. The van der Waals surface area contributed by atoms with Gasteiger partial charge in [0.2, 0.25) is 0 Å². The molecule has 1 aliphatic rings. The van der Waals surface area contributed by atoms with Crippen molar-refractivity contribution in [3.8, 4) is 0 Å². The number of aryl methyl sites for hydroxylation is 2. The second-order valence-corrected chi connectivity index (χ2v) is 5.46. The Balaban J connectivity index is 2.10. The third-order valence-electron chi connectivity index (χ3n) is 3.69. The molecule has 5 nitrogen and oxygen atoms in total. The second kappa shape index (κ2) is 5.57. The van der Waals surface area contributed by atoms with Crippen molar-refractivity contribution in [2.75, 3.05) is 6.61 Å². The van der Waals surface area contributed by atoms with Crippen molar-refractivity contribution in [1.29, 1.82) is 0 Å². The van der Waals surface area contributed by atoms with E-state index in [0.29, 0.717) is 12.0 Å². The third kappa shape index (κ3) is 2.69. The highest BCUT2D eigenvalue weighted by Gasteiger charge is 2.30. The Bertz CT molecular complexity index is 420. The minimum Gasteiger partial charge on any atom is -0.378 e. The molecule has 0 amide bonds. The number of nitrogens with two attached hydrogens (primary N) is 1. The number of hydrazine groups is 1. The fraction of sp³-hybridized carbons (Fsp3) is 0.750. The van der Waals surface area contributed by atoms with Crippen LogP contribution in [0.5, 0.6) is 0 Å². The lowest BCUT2D eigenvalue weighted by atomic mass is 9.93. The van der Waals surface area contributed by atoms with Gasteiger partial charge >= 0.3 is 0 Å². The fourth-order valence-electron chi connectivity index (χ4n) is 2.60. The molecule has 2 rings (SSSR count). The lowest BCUT2D eigenvalue weighted by molar-refractivity contribution is 0.116. The summed E-state index contributed by atoms with van der Waals surface area (Å²) in [6.45, 7) is 4.76. The van der Waals surface area contributed by atoms with Crippen LogP contribution < -0.4 is 11.3 Å². The number of rotatable bonds is 4. The van der Waals surface area contributed by atoms with Crippen LogP contribution in [0.1, 0.15) is 24.7 Å². The van der Waals surface area contributed by atoms with Crippen LogP contribution in [0.25, 0.3) is 0 Å². The molecule has 0 aliphatic carbocycles. The summed E-state index contributed by atoms with van der Waals surface area (Å²) in [4.78, 5) is 0. The van der Waals surface area contributed by atoms with Crippen LogP contribution in [0.15, 0.2) is 0 Å². The van der Waals surface area contributed by atoms with Crippen LogP contribution in [0.2, 0.25) is 5.02 Å². The van der Waals surface area contributed by atoms with Crippen LogP contribution in [0, 0.1) is 12.8 Å². The van der Waals surface area contributed by atoms with E-state index < -0.39 is 0 Å². The van der Waals surface area contributed by atoms with Crippen LogP contribution in [-0.2, 0) is 18.2 Å². The molecule has 1 aromatic heterocycles. The third-order valence-corrected chi connectivity index (χ3v) is 4.18. The van der Waals surface area contributed by atoms with Crippen molar-refractivity contribution in [3.63, 3.8) is 0 Å². The number of ether oxygens (including phenoxy) is 1. The lowest BCUT2D eigenvalue weighted by Gasteiger charge is -2.21. The van der Waals surface area contributed by atoms with Gasteiger partial charge in [0, 0.05) is 25.4 Å². The predicted octanol–water partition coefficient (Wildman–Crippen LogP) is 1.18. The number of nitrogens with zero attached hydrogens (tertiary/aromatic N) is 2. The van der Waals surface area contributed by atoms with Gasteiger partial charge in [-0.1, -0.05) is 11.6 Å². The highest BCUT2D eigenvalue weighted by atomic mass is 35.5. The molecule has 18 heavy (non-hydrogen) atoms. The van der Waals surface area contributed by atoms with Gasteiger partial charge in [0.05, 0.1) is 29.1 Å². The van der Waals surface area contributed by atoms with Gasteiger partial charge in [-0.15, -0.1) is 0 Å². The molecule has 3 unspecified atom stereocenters. The summed E-state index contributed by atoms with van der Waals surface area (Å²) in [5.74, 6) is 6.10. The summed E-state index contributed by atoms with van der Waals surface area (Å²) in [5, 5.41) is 5.06. The maximum atomic E-state index is 6.27. The topological polar surface area (TPSA) is 65.1 Å². The van der Waals surface area contributed by atoms with Crippen molar-refractivity contribution in [2.24, 2.45) is 18.8 Å². The summed E-state index contributed by atoms with van der Waals surface area (Å²) >= 11 is 6.27. The van der Waals surface area contributed by atoms with Crippen LogP contribution in [0.4, 0.5) is 0 Å². The molecule has 0 spiro atoms. The van der Waals surface area contributed by atoms with Crippen molar-refractivity contribution >= 4 is 11.6 Å². The van der Waals surface area contributed by atoms with E-state index in [-0.39, 0.29) is 6.04 Å². The van der Waals surface area contributed by atoms with E-state index in [0.717, 1.165) is 35.9 Å². The van der Waals surface area contributed by atoms with Crippen molar-refractivity contribution in [2.45, 2.75) is 38.8 Å². The average molecular weight is 273 g/mol. The van der Waals surface area contributed by atoms with E-state index in [1.54, 1.807) is 0 Å². The van der Waals surface area contributed by atoms with E-state index in [2.05, 4.69) is 17.4 Å². The van der Waals surface area contributed by atoms with Gasteiger partial charge in [0.1, 0.15) is 0 Å². The van der Waals surface area contributed by atoms with Gasteiger partial charge in [-0.3, -0.25) is 16.0 Å². The standard InChI is InChI=1S/C12H21ClN4O/c1-7-4-9(6-18-7)10(15-14)5-11-12(13)8(2)16-17(11)3/h7,9-10,15H,4-6,14H2,1-3H3. The Morgan fingerprint density at radius 2 is 2.39 bits per heavy atom. The van der Waals surface area contributed by atoms with Gasteiger partial charge in [0.25, 0.3) is 0 Å². The molecule has 2 heterocycles. The number of halogens is 1. The van der Waals surface area contributed by atoms with Gasteiger partial charge in [-0.25, -0.2) is 0 Å². The zero-order valence-electron chi connectivity index (χ0n) is 11.1. The quantitative estimate of drug-likeness (QED) is 0.638. The molecule has 0 bridgehead atoms. The second-order valence-electron chi connectivity index (χ2n) is 5.09. The Morgan fingerprint density at radius 3 is 2.83 bits per heavy atom. The molecule has 1 aromatic rings. The SMILES string of the molecule is Cc1nn(C)c(CC(NN)C2COC(C)C2)c1Cl. The molecule has 0 saturated carbocycles. The molecular formula is C12H21ClN4O. The summed E-state index contributed by atoms with van der Waals surface area (Å²) in [6, 6.07) is 0.169. The molecule has 3 atom stereocenters. The number of hydrogen-bond acceptors (Lipinski definition) is 4. The maximum absolute atomic E-state index is 6.27. The zero-order valence-corrected chi connectivity index (χ0v) is 11.9. The smallest absolute Gasteiger partial charge is 0.0847 e. The normalized spacial score (nSPS) is 25.6. The molecule has 6 heteroatoms. The van der Waals surface area contributed by atoms with E-state index >= 15 is 0 Å². The lowest BCUT2D eigenvalue weighted by Crippen LogP contribution is -2.43. The molecule has 1 fully saturated rings.